The van der Waals surface area contributed by atoms with Crippen LogP contribution in [0.1, 0.15) is 37.9 Å². The number of carbonyl (C=O) groups excluding carboxylic acids is 1. The number of amides is 1. The molecule has 1 aromatic heterocycles. The molecule has 21 heavy (non-hydrogen) atoms. The summed E-state index contributed by atoms with van der Waals surface area (Å²) in [7, 11) is -3.23. The average Bonchev–Trinajstić information content (AvgIpc) is 2.99. The summed E-state index contributed by atoms with van der Waals surface area (Å²) in [4.78, 5) is 13.8. The maximum Gasteiger partial charge on any atom is 0.222 e. The van der Waals surface area contributed by atoms with Crippen LogP contribution in [0.15, 0.2) is 22.8 Å². The first-order chi connectivity index (χ1) is 10.0. The molecule has 3 rings (SSSR count). The quantitative estimate of drug-likeness (QED) is 0.834. The van der Waals surface area contributed by atoms with Crippen LogP contribution in [0.3, 0.4) is 0 Å². The third-order valence-corrected chi connectivity index (χ3v) is 6.57. The molecule has 0 bridgehead atoms. The minimum absolute atomic E-state index is 0.0741. The van der Waals surface area contributed by atoms with Crippen molar-refractivity contribution in [2.45, 2.75) is 43.1 Å². The molecule has 0 aromatic carbocycles. The van der Waals surface area contributed by atoms with Gasteiger partial charge >= 0.3 is 0 Å². The number of hydrogen-bond acceptors (Lipinski definition) is 4. The first-order valence-corrected chi connectivity index (χ1v) is 9.28. The van der Waals surface area contributed by atoms with Crippen LogP contribution in [0.2, 0.25) is 0 Å². The molecular formula is C15H21NO4S. The van der Waals surface area contributed by atoms with Gasteiger partial charge in [-0.25, -0.2) is 8.42 Å². The Labute approximate surface area is 125 Å². The fourth-order valence-electron chi connectivity index (χ4n) is 3.17. The Morgan fingerprint density at radius 3 is 2.62 bits per heavy atom. The minimum Gasteiger partial charge on any atom is -0.468 e. The van der Waals surface area contributed by atoms with Gasteiger partial charge in [-0.2, -0.15) is 0 Å². The second-order valence-electron chi connectivity index (χ2n) is 6.16. The van der Waals surface area contributed by atoms with Gasteiger partial charge in [0, 0.05) is 19.5 Å². The highest BCUT2D eigenvalue weighted by atomic mass is 32.2. The summed E-state index contributed by atoms with van der Waals surface area (Å²) in [6.07, 6.45) is 6.78. The van der Waals surface area contributed by atoms with Crippen LogP contribution in [0.25, 0.3) is 0 Å². The van der Waals surface area contributed by atoms with E-state index in [1.807, 2.05) is 0 Å². The lowest BCUT2D eigenvalue weighted by molar-refractivity contribution is -0.135. The number of nitrogens with zero attached hydrogens (tertiary/aromatic N) is 1. The Hall–Kier alpha value is -1.30. The molecule has 0 atom stereocenters. The number of likely N-dealkylation sites (tertiary alicyclic amines) is 1. The van der Waals surface area contributed by atoms with Gasteiger partial charge in [0.1, 0.15) is 11.5 Å². The first kappa shape index (κ1) is 14.6. The van der Waals surface area contributed by atoms with Gasteiger partial charge in [0.15, 0.2) is 9.84 Å². The Bertz CT molecular complexity index is 581. The van der Waals surface area contributed by atoms with Crippen molar-refractivity contribution in [3.63, 3.8) is 0 Å². The van der Waals surface area contributed by atoms with Crippen molar-refractivity contribution in [1.82, 2.24) is 4.90 Å². The average molecular weight is 311 g/mol. The summed E-state index contributed by atoms with van der Waals surface area (Å²) in [5.74, 6) is 1.02. The standard InChI is InChI=1S/C15H21NO4S/c17-15(8-12-4-1-2-5-12)16-9-14(10-16)21(18,19)11-13-6-3-7-20-13/h3,6-7,12,14H,1-2,4-5,8-11H2. The Morgan fingerprint density at radius 2 is 2.00 bits per heavy atom. The largest absolute Gasteiger partial charge is 0.468 e. The zero-order valence-corrected chi connectivity index (χ0v) is 12.8. The normalized spacial score (nSPS) is 20.7. The smallest absolute Gasteiger partial charge is 0.222 e. The molecule has 1 aliphatic heterocycles. The Balaban J connectivity index is 1.49. The van der Waals surface area contributed by atoms with E-state index in [4.69, 9.17) is 4.42 Å². The molecule has 0 spiro atoms. The molecule has 1 aliphatic carbocycles. The molecule has 6 heteroatoms. The lowest BCUT2D eigenvalue weighted by Gasteiger charge is -2.39. The van der Waals surface area contributed by atoms with Gasteiger partial charge in [-0.1, -0.05) is 12.8 Å². The van der Waals surface area contributed by atoms with Gasteiger partial charge < -0.3 is 9.32 Å². The minimum atomic E-state index is -3.23. The number of rotatable bonds is 5. The molecule has 2 heterocycles. The Kier molecular flexibility index (Phi) is 4.06. The summed E-state index contributed by atoms with van der Waals surface area (Å²) in [6, 6.07) is 3.35. The fraction of sp³-hybridized carbons (Fsp3) is 0.667. The SMILES string of the molecule is O=C(CC1CCCC1)N1CC(S(=O)(=O)Cc2ccco2)C1. The highest BCUT2D eigenvalue weighted by Crippen LogP contribution is 2.29. The maximum absolute atomic E-state index is 12.2. The first-order valence-electron chi connectivity index (χ1n) is 7.56. The number of hydrogen-bond donors (Lipinski definition) is 0. The van der Waals surface area contributed by atoms with E-state index < -0.39 is 15.1 Å². The van der Waals surface area contributed by atoms with Crippen LogP contribution in [-0.4, -0.2) is 37.6 Å². The van der Waals surface area contributed by atoms with Crippen molar-refractivity contribution in [1.29, 1.82) is 0 Å². The summed E-state index contributed by atoms with van der Waals surface area (Å²) in [5, 5.41) is -0.435. The van der Waals surface area contributed by atoms with Gasteiger partial charge in [0.2, 0.25) is 5.91 Å². The van der Waals surface area contributed by atoms with Gasteiger partial charge in [-0.05, 0) is 30.9 Å². The van der Waals surface area contributed by atoms with Crippen molar-refractivity contribution in [2.75, 3.05) is 13.1 Å². The third-order valence-electron chi connectivity index (χ3n) is 4.57. The van der Waals surface area contributed by atoms with Crippen LogP contribution in [0.5, 0.6) is 0 Å². The van der Waals surface area contributed by atoms with Crippen LogP contribution in [-0.2, 0) is 20.4 Å². The third kappa shape index (κ3) is 3.31. The number of carbonyl (C=O) groups is 1. The lowest BCUT2D eigenvalue weighted by atomic mass is 10.0. The lowest BCUT2D eigenvalue weighted by Crippen LogP contribution is -2.57. The van der Waals surface area contributed by atoms with Crippen molar-refractivity contribution in [3.05, 3.63) is 24.2 Å². The number of sulfone groups is 1. The molecule has 1 saturated carbocycles. The summed E-state index contributed by atoms with van der Waals surface area (Å²) in [5.41, 5.74) is 0. The zero-order valence-electron chi connectivity index (χ0n) is 12.0. The second kappa shape index (κ2) is 5.83. The highest BCUT2D eigenvalue weighted by molar-refractivity contribution is 7.91. The van der Waals surface area contributed by atoms with E-state index >= 15 is 0 Å². The van der Waals surface area contributed by atoms with Crippen molar-refractivity contribution in [3.8, 4) is 0 Å². The molecule has 2 fully saturated rings. The molecular weight excluding hydrogens is 290 g/mol. The molecule has 116 valence electrons. The topological polar surface area (TPSA) is 67.6 Å². The molecule has 0 radical (unpaired) electrons. The van der Waals surface area contributed by atoms with Crippen molar-refractivity contribution in [2.24, 2.45) is 5.92 Å². The number of furan rings is 1. The van der Waals surface area contributed by atoms with E-state index in [1.54, 1.807) is 17.0 Å². The molecule has 5 nitrogen and oxygen atoms in total. The molecule has 1 aromatic rings. The van der Waals surface area contributed by atoms with Crippen LogP contribution in [0, 0.1) is 5.92 Å². The van der Waals surface area contributed by atoms with Crippen LogP contribution < -0.4 is 0 Å². The van der Waals surface area contributed by atoms with Crippen LogP contribution in [0.4, 0.5) is 0 Å². The fourth-order valence-corrected chi connectivity index (χ4v) is 4.78. The van der Waals surface area contributed by atoms with E-state index in [2.05, 4.69) is 0 Å². The van der Waals surface area contributed by atoms with E-state index in [0.717, 1.165) is 12.8 Å². The van der Waals surface area contributed by atoms with Gasteiger partial charge in [-0.15, -0.1) is 0 Å². The van der Waals surface area contributed by atoms with E-state index in [0.29, 0.717) is 31.2 Å². The molecule has 0 N–H and O–H groups in total. The second-order valence-corrected chi connectivity index (χ2v) is 8.44. The van der Waals surface area contributed by atoms with Gasteiger partial charge in [-0.3, -0.25) is 4.79 Å². The monoisotopic (exact) mass is 311 g/mol. The zero-order chi connectivity index (χ0) is 14.9. The summed E-state index contributed by atoms with van der Waals surface area (Å²) >= 11 is 0. The molecule has 1 amide bonds. The molecule has 2 aliphatic rings. The molecule has 0 unspecified atom stereocenters. The summed E-state index contributed by atoms with van der Waals surface area (Å²) in [6.45, 7) is 0.684. The van der Waals surface area contributed by atoms with Crippen LogP contribution >= 0.6 is 0 Å². The van der Waals surface area contributed by atoms with Crippen molar-refractivity contribution >= 4 is 15.7 Å². The van der Waals surface area contributed by atoms with Gasteiger partial charge in [0.05, 0.1) is 11.5 Å². The maximum atomic E-state index is 12.2. The predicted molar refractivity (Wildman–Crippen MR) is 78.3 cm³/mol. The Morgan fingerprint density at radius 1 is 1.29 bits per heavy atom. The van der Waals surface area contributed by atoms with E-state index in [1.165, 1.54) is 19.1 Å². The van der Waals surface area contributed by atoms with Crippen molar-refractivity contribution < 1.29 is 17.6 Å². The molecule has 1 saturated heterocycles. The highest BCUT2D eigenvalue weighted by Gasteiger charge is 2.40. The van der Waals surface area contributed by atoms with E-state index in [-0.39, 0.29) is 11.7 Å². The van der Waals surface area contributed by atoms with Gasteiger partial charge in [0.25, 0.3) is 0 Å². The predicted octanol–water partition coefficient (Wildman–Crippen LogP) is 1.99. The summed E-state index contributed by atoms with van der Waals surface area (Å²) < 4.78 is 29.5. The van der Waals surface area contributed by atoms with E-state index in [9.17, 15) is 13.2 Å².